The number of aryl methyl sites for hydroxylation is 1. The van der Waals surface area contributed by atoms with Crippen molar-refractivity contribution in [3.63, 3.8) is 0 Å². The number of hydrogen-bond donors (Lipinski definition) is 1. The molecule has 0 atom stereocenters. The van der Waals surface area contributed by atoms with Crippen LogP contribution in [0, 0.1) is 0 Å². The molecule has 2 heterocycles. The third-order valence-electron chi connectivity index (χ3n) is 3.19. The fraction of sp³-hybridized carbons (Fsp3) is 0.308. The lowest BCUT2D eigenvalue weighted by Gasteiger charge is -2.09. The molecule has 0 saturated carbocycles. The number of benzene rings is 1. The van der Waals surface area contributed by atoms with Gasteiger partial charge in [-0.3, -0.25) is 0 Å². The van der Waals surface area contributed by atoms with Crippen LogP contribution in [0.25, 0.3) is 10.6 Å². The molecule has 0 saturated heterocycles. The van der Waals surface area contributed by atoms with Crippen LogP contribution in [0.3, 0.4) is 0 Å². The van der Waals surface area contributed by atoms with E-state index in [0.29, 0.717) is 13.0 Å². The summed E-state index contributed by atoms with van der Waals surface area (Å²) in [5.74, 6) is 0.350. The Balaban J connectivity index is 2.01. The highest BCUT2D eigenvalue weighted by atomic mass is 32.2. The minimum atomic E-state index is -2.93. The SMILES string of the molecule is NCc1cccc(-c2nc3c(s2)CS(=O)(=O)CC3)c1. The molecule has 0 radical (unpaired) electrons. The highest BCUT2D eigenvalue weighted by Crippen LogP contribution is 2.32. The van der Waals surface area contributed by atoms with Crippen molar-refractivity contribution >= 4 is 21.2 Å². The fourth-order valence-electron chi connectivity index (χ4n) is 2.17. The van der Waals surface area contributed by atoms with Gasteiger partial charge in [0.05, 0.1) is 17.2 Å². The number of rotatable bonds is 2. The first-order valence-corrected chi connectivity index (χ1v) is 8.69. The summed E-state index contributed by atoms with van der Waals surface area (Å²) in [5.41, 5.74) is 8.64. The van der Waals surface area contributed by atoms with Crippen molar-refractivity contribution in [3.8, 4) is 10.6 Å². The largest absolute Gasteiger partial charge is 0.326 e. The first-order chi connectivity index (χ1) is 9.07. The van der Waals surface area contributed by atoms with Crippen molar-refractivity contribution < 1.29 is 8.42 Å². The number of sulfone groups is 1. The predicted molar refractivity (Wildman–Crippen MR) is 76.6 cm³/mol. The highest BCUT2D eigenvalue weighted by molar-refractivity contribution is 7.90. The number of thiazole rings is 1. The second kappa shape index (κ2) is 4.70. The lowest BCUT2D eigenvalue weighted by Crippen LogP contribution is -2.17. The van der Waals surface area contributed by atoms with Gasteiger partial charge in [0.2, 0.25) is 0 Å². The molecule has 3 rings (SSSR count). The van der Waals surface area contributed by atoms with Crippen molar-refractivity contribution in [2.75, 3.05) is 5.75 Å². The van der Waals surface area contributed by atoms with E-state index < -0.39 is 9.84 Å². The maximum absolute atomic E-state index is 11.6. The third-order valence-corrected chi connectivity index (χ3v) is 6.07. The van der Waals surface area contributed by atoms with Gasteiger partial charge in [-0.15, -0.1) is 11.3 Å². The summed E-state index contributed by atoms with van der Waals surface area (Å²) in [6.45, 7) is 0.493. The summed E-state index contributed by atoms with van der Waals surface area (Å²) in [6, 6.07) is 7.92. The third kappa shape index (κ3) is 2.56. The molecule has 0 spiro atoms. The predicted octanol–water partition coefficient (Wildman–Crippen LogP) is 1.74. The molecular formula is C13H14N2O2S2. The number of nitrogens with zero attached hydrogens (tertiary/aromatic N) is 1. The Labute approximate surface area is 116 Å². The number of nitrogens with two attached hydrogens (primary N) is 1. The number of aromatic nitrogens is 1. The van der Waals surface area contributed by atoms with E-state index in [0.717, 1.165) is 26.7 Å². The van der Waals surface area contributed by atoms with E-state index in [-0.39, 0.29) is 11.5 Å². The summed E-state index contributed by atoms with van der Waals surface area (Å²) in [6.07, 6.45) is 0.532. The minimum Gasteiger partial charge on any atom is -0.326 e. The Kier molecular flexibility index (Phi) is 3.16. The first kappa shape index (κ1) is 12.8. The van der Waals surface area contributed by atoms with Crippen LogP contribution in [0.4, 0.5) is 0 Å². The molecule has 4 nitrogen and oxygen atoms in total. The van der Waals surface area contributed by atoms with E-state index in [9.17, 15) is 8.42 Å². The van der Waals surface area contributed by atoms with Gasteiger partial charge < -0.3 is 5.73 Å². The zero-order valence-corrected chi connectivity index (χ0v) is 11.9. The molecule has 1 aliphatic rings. The molecule has 1 aromatic carbocycles. The smallest absolute Gasteiger partial charge is 0.155 e. The van der Waals surface area contributed by atoms with Crippen molar-refractivity contribution in [3.05, 3.63) is 40.4 Å². The Morgan fingerprint density at radius 1 is 1.37 bits per heavy atom. The van der Waals surface area contributed by atoms with E-state index in [1.807, 2.05) is 24.3 Å². The Morgan fingerprint density at radius 3 is 3.00 bits per heavy atom. The molecule has 2 aromatic rings. The lowest BCUT2D eigenvalue weighted by molar-refractivity contribution is 0.591. The summed E-state index contributed by atoms with van der Waals surface area (Å²) >= 11 is 1.48. The second-order valence-corrected chi connectivity index (χ2v) is 7.90. The summed E-state index contributed by atoms with van der Waals surface area (Å²) < 4.78 is 23.2. The van der Waals surface area contributed by atoms with E-state index in [4.69, 9.17) is 5.73 Å². The van der Waals surface area contributed by atoms with Crippen LogP contribution in [-0.2, 0) is 28.6 Å². The Hall–Kier alpha value is -1.24. The van der Waals surface area contributed by atoms with E-state index in [1.54, 1.807) is 0 Å². The molecule has 0 bridgehead atoms. The standard InChI is InChI=1S/C13H14N2O2S2/c14-7-9-2-1-3-10(6-9)13-15-11-4-5-19(16,17)8-12(11)18-13/h1-3,6H,4-5,7-8,14H2. The average Bonchev–Trinajstić information content (AvgIpc) is 2.80. The van der Waals surface area contributed by atoms with Gasteiger partial charge in [0.15, 0.2) is 9.84 Å². The summed E-state index contributed by atoms with van der Waals surface area (Å²) in [5, 5.41) is 0.886. The molecule has 6 heteroatoms. The maximum Gasteiger partial charge on any atom is 0.155 e. The van der Waals surface area contributed by atoms with Crippen molar-refractivity contribution in [1.29, 1.82) is 0 Å². The van der Waals surface area contributed by atoms with E-state index in [1.165, 1.54) is 11.3 Å². The van der Waals surface area contributed by atoms with Crippen molar-refractivity contribution in [2.24, 2.45) is 5.73 Å². The molecular weight excluding hydrogens is 280 g/mol. The Bertz CT molecular complexity index is 720. The van der Waals surface area contributed by atoms with Crippen molar-refractivity contribution in [1.82, 2.24) is 4.98 Å². The molecule has 2 N–H and O–H groups in total. The van der Waals surface area contributed by atoms with Gasteiger partial charge in [0.25, 0.3) is 0 Å². The number of fused-ring (bicyclic) bond motifs is 1. The minimum absolute atomic E-state index is 0.135. The topological polar surface area (TPSA) is 73.0 Å². The molecule has 0 amide bonds. The van der Waals surface area contributed by atoms with Crippen LogP contribution in [0.1, 0.15) is 16.1 Å². The van der Waals surface area contributed by atoms with Gasteiger partial charge in [0.1, 0.15) is 5.01 Å². The van der Waals surface area contributed by atoms with Crippen LogP contribution in [-0.4, -0.2) is 19.2 Å². The quantitative estimate of drug-likeness (QED) is 0.915. The van der Waals surface area contributed by atoms with Crippen LogP contribution >= 0.6 is 11.3 Å². The van der Waals surface area contributed by atoms with Crippen LogP contribution in [0.15, 0.2) is 24.3 Å². The average molecular weight is 294 g/mol. The summed E-state index contributed by atoms with van der Waals surface area (Å²) in [4.78, 5) is 5.46. The molecule has 0 aliphatic carbocycles. The molecule has 1 aliphatic heterocycles. The second-order valence-electron chi connectivity index (χ2n) is 4.64. The molecule has 19 heavy (non-hydrogen) atoms. The molecule has 0 fully saturated rings. The zero-order chi connectivity index (χ0) is 13.5. The van der Waals surface area contributed by atoms with Gasteiger partial charge in [-0.1, -0.05) is 18.2 Å². The van der Waals surface area contributed by atoms with Gasteiger partial charge in [0, 0.05) is 23.4 Å². The van der Waals surface area contributed by atoms with Gasteiger partial charge >= 0.3 is 0 Å². The fourth-order valence-corrected chi connectivity index (χ4v) is 5.06. The van der Waals surface area contributed by atoms with Crippen molar-refractivity contribution in [2.45, 2.75) is 18.7 Å². The van der Waals surface area contributed by atoms with E-state index >= 15 is 0 Å². The van der Waals surface area contributed by atoms with Crippen LogP contribution in [0.2, 0.25) is 0 Å². The molecule has 100 valence electrons. The van der Waals surface area contributed by atoms with Crippen LogP contribution < -0.4 is 5.73 Å². The number of hydrogen-bond acceptors (Lipinski definition) is 5. The first-order valence-electron chi connectivity index (χ1n) is 6.06. The normalized spacial score (nSPS) is 17.1. The van der Waals surface area contributed by atoms with Crippen LogP contribution in [0.5, 0.6) is 0 Å². The van der Waals surface area contributed by atoms with Gasteiger partial charge in [-0.05, 0) is 11.6 Å². The zero-order valence-electron chi connectivity index (χ0n) is 10.3. The lowest BCUT2D eigenvalue weighted by atomic mass is 10.1. The monoisotopic (exact) mass is 294 g/mol. The molecule has 0 unspecified atom stereocenters. The summed E-state index contributed by atoms with van der Waals surface area (Å²) in [7, 11) is -2.93. The Morgan fingerprint density at radius 2 is 2.21 bits per heavy atom. The van der Waals surface area contributed by atoms with Gasteiger partial charge in [-0.25, -0.2) is 13.4 Å². The maximum atomic E-state index is 11.6. The molecule has 1 aromatic heterocycles. The van der Waals surface area contributed by atoms with E-state index in [2.05, 4.69) is 4.98 Å². The highest BCUT2D eigenvalue weighted by Gasteiger charge is 2.25. The van der Waals surface area contributed by atoms with Gasteiger partial charge in [-0.2, -0.15) is 0 Å².